The van der Waals surface area contributed by atoms with Crippen LogP contribution >= 0.6 is 15.9 Å². The number of hydrogen-bond donors (Lipinski definition) is 3. The van der Waals surface area contributed by atoms with Crippen molar-refractivity contribution in [1.29, 1.82) is 0 Å². The highest BCUT2D eigenvalue weighted by Gasteiger charge is 2.05. The van der Waals surface area contributed by atoms with Crippen LogP contribution in [0.1, 0.15) is 5.69 Å². The maximum atomic E-state index is 13.3. The molecule has 2 aromatic rings. The quantitative estimate of drug-likeness (QED) is 0.759. The number of halogens is 2. The molecule has 0 unspecified atom stereocenters. The van der Waals surface area contributed by atoms with Crippen molar-refractivity contribution in [3.63, 3.8) is 0 Å². The average molecular weight is 285 g/mol. The number of hydrogen-bond acceptors (Lipinski definition) is 3. The van der Waals surface area contributed by atoms with Gasteiger partial charge in [0.2, 0.25) is 0 Å². The van der Waals surface area contributed by atoms with Crippen molar-refractivity contribution >= 4 is 27.3 Å². The van der Waals surface area contributed by atoms with Crippen LogP contribution in [0.3, 0.4) is 0 Å². The third-order valence-electron chi connectivity index (χ3n) is 2.12. The van der Waals surface area contributed by atoms with Crippen LogP contribution in [0.25, 0.3) is 0 Å². The molecule has 6 heteroatoms. The van der Waals surface area contributed by atoms with E-state index in [0.717, 1.165) is 5.69 Å². The summed E-state index contributed by atoms with van der Waals surface area (Å²) in [5, 5.41) is 3.03. The van der Waals surface area contributed by atoms with E-state index in [4.69, 9.17) is 5.73 Å². The lowest BCUT2D eigenvalue weighted by Gasteiger charge is -2.09. The molecule has 4 nitrogen and oxygen atoms in total. The summed E-state index contributed by atoms with van der Waals surface area (Å²) in [6, 6.07) is 2.89. The number of aromatic amines is 1. The van der Waals surface area contributed by atoms with Gasteiger partial charge in [0.05, 0.1) is 34.4 Å². The number of nitrogens with one attached hydrogen (secondary N) is 2. The molecule has 0 amide bonds. The largest absolute Gasteiger partial charge is 0.397 e. The smallest absolute Gasteiger partial charge is 0.139 e. The summed E-state index contributed by atoms with van der Waals surface area (Å²) in [5.74, 6) is -0.346. The van der Waals surface area contributed by atoms with E-state index in [1.165, 1.54) is 12.1 Å². The first-order valence-corrected chi connectivity index (χ1v) is 5.42. The van der Waals surface area contributed by atoms with Crippen LogP contribution in [0.4, 0.5) is 15.8 Å². The molecule has 0 fully saturated rings. The summed E-state index contributed by atoms with van der Waals surface area (Å²) in [6.45, 7) is 0.519. The molecule has 1 aromatic carbocycles. The maximum Gasteiger partial charge on any atom is 0.139 e. The van der Waals surface area contributed by atoms with Crippen LogP contribution in [-0.4, -0.2) is 9.97 Å². The number of nitrogen functional groups attached to an aromatic ring is 1. The minimum absolute atomic E-state index is 0.346. The van der Waals surface area contributed by atoms with Crippen LogP contribution in [0.15, 0.2) is 29.1 Å². The molecule has 0 radical (unpaired) electrons. The molecule has 0 aliphatic rings. The van der Waals surface area contributed by atoms with Gasteiger partial charge in [-0.1, -0.05) is 0 Å². The molecule has 4 N–H and O–H groups in total. The number of nitrogens with two attached hydrogens (primary N) is 1. The summed E-state index contributed by atoms with van der Waals surface area (Å²) < 4.78 is 13.6. The fourth-order valence-electron chi connectivity index (χ4n) is 1.29. The number of H-pyrrole nitrogens is 1. The molecule has 0 saturated carbocycles. The predicted molar refractivity (Wildman–Crippen MR) is 64.4 cm³/mol. The maximum absolute atomic E-state index is 13.3. The summed E-state index contributed by atoms with van der Waals surface area (Å²) >= 11 is 3.07. The first-order chi connectivity index (χ1) is 7.66. The van der Waals surface area contributed by atoms with Gasteiger partial charge in [0.1, 0.15) is 5.82 Å². The fraction of sp³-hybridized carbons (Fsp3) is 0.100. The highest BCUT2D eigenvalue weighted by Crippen LogP contribution is 2.26. The molecule has 0 aliphatic heterocycles. The zero-order valence-corrected chi connectivity index (χ0v) is 9.88. The minimum atomic E-state index is -0.346. The Bertz CT molecular complexity index is 484. The van der Waals surface area contributed by atoms with E-state index < -0.39 is 0 Å². The van der Waals surface area contributed by atoms with Crippen molar-refractivity contribution in [2.45, 2.75) is 6.54 Å². The number of nitrogens with zero attached hydrogens (tertiary/aromatic N) is 1. The van der Waals surface area contributed by atoms with Crippen molar-refractivity contribution in [2.24, 2.45) is 0 Å². The highest BCUT2D eigenvalue weighted by molar-refractivity contribution is 9.10. The molecule has 0 aliphatic carbocycles. The lowest BCUT2D eigenvalue weighted by atomic mass is 10.2. The normalized spacial score (nSPS) is 10.4. The van der Waals surface area contributed by atoms with Gasteiger partial charge in [-0.15, -0.1) is 0 Å². The second kappa shape index (κ2) is 4.52. The fourth-order valence-corrected chi connectivity index (χ4v) is 1.65. The summed E-state index contributed by atoms with van der Waals surface area (Å²) in [6.07, 6.45) is 3.28. The van der Waals surface area contributed by atoms with E-state index in [9.17, 15) is 4.39 Å². The van der Waals surface area contributed by atoms with E-state index in [1.807, 2.05) is 0 Å². The Morgan fingerprint density at radius 2 is 2.31 bits per heavy atom. The van der Waals surface area contributed by atoms with Crippen LogP contribution in [0, 0.1) is 5.82 Å². The lowest BCUT2D eigenvalue weighted by molar-refractivity contribution is 0.622. The monoisotopic (exact) mass is 284 g/mol. The third-order valence-corrected chi connectivity index (χ3v) is 2.72. The molecule has 84 valence electrons. The molecule has 0 spiro atoms. The number of rotatable bonds is 3. The molecule has 0 atom stereocenters. The number of anilines is 2. The van der Waals surface area contributed by atoms with Crippen molar-refractivity contribution in [3.8, 4) is 0 Å². The third kappa shape index (κ3) is 2.33. The number of benzene rings is 1. The Morgan fingerprint density at radius 1 is 1.50 bits per heavy atom. The Labute approximate surface area is 100 Å². The lowest BCUT2D eigenvalue weighted by Crippen LogP contribution is -2.03. The molecule has 0 saturated heterocycles. The second-order valence-corrected chi connectivity index (χ2v) is 4.14. The van der Waals surface area contributed by atoms with Crippen molar-refractivity contribution in [2.75, 3.05) is 11.1 Å². The van der Waals surface area contributed by atoms with E-state index >= 15 is 0 Å². The van der Waals surface area contributed by atoms with Crippen molar-refractivity contribution in [3.05, 3.63) is 40.6 Å². The van der Waals surface area contributed by atoms with Gasteiger partial charge in [0.15, 0.2) is 0 Å². The molecule has 1 aromatic heterocycles. The molecule has 16 heavy (non-hydrogen) atoms. The number of imidazole rings is 1. The molecular weight excluding hydrogens is 275 g/mol. The molecular formula is C10H10BrFN4. The Morgan fingerprint density at radius 3 is 3.00 bits per heavy atom. The highest BCUT2D eigenvalue weighted by atomic mass is 79.9. The van der Waals surface area contributed by atoms with Gasteiger partial charge in [-0.05, 0) is 22.0 Å². The van der Waals surface area contributed by atoms with Crippen LogP contribution in [0.5, 0.6) is 0 Å². The van der Waals surface area contributed by atoms with Gasteiger partial charge in [0, 0.05) is 12.3 Å². The molecule has 2 rings (SSSR count). The average Bonchev–Trinajstić information content (AvgIpc) is 2.74. The molecule has 1 heterocycles. The van der Waals surface area contributed by atoms with E-state index in [1.54, 1.807) is 12.5 Å². The molecule has 0 bridgehead atoms. The van der Waals surface area contributed by atoms with Crippen molar-refractivity contribution < 1.29 is 4.39 Å². The zero-order valence-electron chi connectivity index (χ0n) is 8.30. The van der Waals surface area contributed by atoms with E-state index in [2.05, 4.69) is 31.2 Å². The van der Waals surface area contributed by atoms with Gasteiger partial charge in [-0.25, -0.2) is 9.37 Å². The second-order valence-electron chi connectivity index (χ2n) is 3.28. The van der Waals surface area contributed by atoms with Gasteiger partial charge >= 0.3 is 0 Å². The standard InChI is InChI=1S/C10H10BrFN4/c11-7-1-9(13)10(2-8(7)12)15-4-6-3-14-5-16-6/h1-3,5,15H,4,13H2,(H,14,16). The van der Waals surface area contributed by atoms with Gasteiger partial charge < -0.3 is 16.0 Å². The van der Waals surface area contributed by atoms with E-state index in [-0.39, 0.29) is 5.82 Å². The predicted octanol–water partition coefficient (Wildman–Crippen LogP) is 2.51. The first kappa shape index (κ1) is 10.9. The minimum Gasteiger partial charge on any atom is -0.397 e. The first-order valence-electron chi connectivity index (χ1n) is 4.62. The van der Waals surface area contributed by atoms with Crippen LogP contribution in [-0.2, 0) is 6.54 Å². The van der Waals surface area contributed by atoms with Crippen molar-refractivity contribution in [1.82, 2.24) is 9.97 Å². The topological polar surface area (TPSA) is 66.7 Å². The van der Waals surface area contributed by atoms with Crippen LogP contribution in [0.2, 0.25) is 0 Å². The van der Waals surface area contributed by atoms with Gasteiger partial charge in [-0.2, -0.15) is 0 Å². The van der Waals surface area contributed by atoms with Gasteiger partial charge in [-0.3, -0.25) is 0 Å². The summed E-state index contributed by atoms with van der Waals surface area (Å²) in [5.41, 5.74) is 7.71. The summed E-state index contributed by atoms with van der Waals surface area (Å²) in [4.78, 5) is 6.82. The zero-order chi connectivity index (χ0) is 11.5. The van der Waals surface area contributed by atoms with Crippen LogP contribution < -0.4 is 11.1 Å². The SMILES string of the molecule is Nc1cc(Br)c(F)cc1NCc1cnc[nH]1. The van der Waals surface area contributed by atoms with Gasteiger partial charge in [0.25, 0.3) is 0 Å². The Hall–Kier alpha value is -1.56. The summed E-state index contributed by atoms with van der Waals surface area (Å²) in [7, 11) is 0. The van der Waals surface area contributed by atoms with E-state index in [0.29, 0.717) is 22.4 Å². The Kier molecular flexibility index (Phi) is 3.09. The number of aromatic nitrogens is 2. The Balaban J connectivity index is 2.12.